The van der Waals surface area contributed by atoms with E-state index in [9.17, 15) is 9.59 Å². The number of hydrogen-bond acceptors (Lipinski definition) is 4. The van der Waals surface area contributed by atoms with E-state index in [1.165, 1.54) is 12.8 Å². The van der Waals surface area contributed by atoms with Gasteiger partial charge in [-0.2, -0.15) is 0 Å². The predicted molar refractivity (Wildman–Crippen MR) is 75.0 cm³/mol. The largest absolute Gasteiger partial charge is 0.481 e. The van der Waals surface area contributed by atoms with Crippen molar-refractivity contribution in [2.24, 2.45) is 11.8 Å². The van der Waals surface area contributed by atoms with Crippen LogP contribution in [0.5, 0.6) is 0 Å². The van der Waals surface area contributed by atoms with Gasteiger partial charge in [0.2, 0.25) is 0 Å². The molecule has 2 amide bonds. The Bertz CT molecular complexity index is 405. The Morgan fingerprint density at radius 2 is 1.86 bits per heavy atom. The molecular formula is C14H23N3O4. The number of nitrogens with one attached hydrogen (secondary N) is 1. The van der Waals surface area contributed by atoms with Crippen LogP contribution >= 0.6 is 0 Å². The van der Waals surface area contributed by atoms with Gasteiger partial charge in [0.15, 0.2) is 0 Å². The summed E-state index contributed by atoms with van der Waals surface area (Å²) < 4.78 is 5.16. The number of carboxylic acids is 1. The molecule has 7 nitrogen and oxygen atoms in total. The van der Waals surface area contributed by atoms with Crippen molar-refractivity contribution in [2.45, 2.75) is 18.9 Å². The summed E-state index contributed by atoms with van der Waals surface area (Å²) >= 11 is 0. The van der Waals surface area contributed by atoms with Gasteiger partial charge in [-0.05, 0) is 18.8 Å². The first kappa shape index (κ1) is 14.6. The molecule has 0 aromatic rings. The third-order valence-electron chi connectivity index (χ3n) is 4.58. The number of hydrogen-bond donors (Lipinski definition) is 2. The van der Waals surface area contributed by atoms with E-state index in [-0.39, 0.29) is 19.2 Å². The van der Waals surface area contributed by atoms with Crippen LogP contribution in [0.4, 0.5) is 4.79 Å². The first-order chi connectivity index (χ1) is 10.1. The van der Waals surface area contributed by atoms with Crippen LogP contribution in [0, 0.1) is 11.8 Å². The summed E-state index contributed by atoms with van der Waals surface area (Å²) in [5.74, 6) is -0.672. The molecule has 2 atom stereocenters. The van der Waals surface area contributed by atoms with Gasteiger partial charge in [-0.3, -0.25) is 9.69 Å². The van der Waals surface area contributed by atoms with E-state index in [2.05, 4.69) is 10.2 Å². The van der Waals surface area contributed by atoms with Crippen molar-refractivity contribution in [3.63, 3.8) is 0 Å². The van der Waals surface area contributed by atoms with Gasteiger partial charge in [-0.15, -0.1) is 0 Å². The fourth-order valence-electron chi connectivity index (χ4n) is 2.99. The Balaban J connectivity index is 1.44. The number of carboxylic acid groups (broad SMARTS) is 1. The molecule has 2 unspecified atom stereocenters. The van der Waals surface area contributed by atoms with E-state index < -0.39 is 17.9 Å². The monoisotopic (exact) mass is 297 g/mol. The van der Waals surface area contributed by atoms with E-state index >= 15 is 0 Å². The van der Waals surface area contributed by atoms with Crippen molar-refractivity contribution in [3.8, 4) is 0 Å². The molecule has 7 heteroatoms. The quantitative estimate of drug-likeness (QED) is 0.752. The van der Waals surface area contributed by atoms with Gasteiger partial charge in [-0.1, -0.05) is 0 Å². The molecule has 3 aliphatic rings. The fraction of sp³-hybridized carbons (Fsp3) is 0.857. The van der Waals surface area contributed by atoms with Crippen molar-refractivity contribution in [1.29, 1.82) is 0 Å². The summed E-state index contributed by atoms with van der Waals surface area (Å²) in [6, 6.07) is -0.581. The summed E-state index contributed by atoms with van der Waals surface area (Å²) in [5, 5.41) is 11.9. The number of piperazine rings is 1. The summed E-state index contributed by atoms with van der Waals surface area (Å²) in [4.78, 5) is 27.5. The molecule has 1 saturated carbocycles. The van der Waals surface area contributed by atoms with E-state index in [0.29, 0.717) is 13.1 Å². The molecule has 2 aliphatic heterocycles. The number of urea groups is 1. The molecule has 1 aliphatic carbocycles. The average molecular weight is 297 g/mol. The van der Waals surface area contributed by atoms with Gasteiger partial charge >= 0.3 is 12.0 Å². The van der Waals surface area contributed by atoms with Crippen molar-refractivity contribution in [3.05, 3.63) is 0 Å². The third-order valence-corrected chi connectivity index (χ3v) is 4.58. The zero-order valence-electron chi connectivity index (χ0n) is 12.2. The van der Waals surface area contributed by atoms with Crippen LogP contribution < -0.4 is 5.32 Å². The number of amides is 2. The summed E-state index contributed by atoms with van der Waals surface area (Å²) in [6.07, 6.45) is 2.69. The van der Waals surface area contributed by atoms with Gasteiger partial charge in [0.25, 0.3) is 0 Å². The van der Waals surface area contributed by atoms with E-state index in [1.54, 1.807) is 4.90 Å². The molecule has 2 saturated heterocycles. The highest BCUT2D eigenvalue weighted by atomic mass is 16.5. The van der Waals surface area contributed by atoms with E-state index in [4.69, 9.17) is 9.84 Å². The summed E-state index contributed by atoms with van der Waals surface area (Å²) in [6.45, 7) is 4.86. The van der Waals surface area contributed by atoms with Gasteiger partial charge < -0.3 is 20.1 Å². The summed E-state index contributed by atoms with van der Waals surface area (Å²) in [7, 11) is 0. The smallest absolute Gasteiger partial charge is 0.317 e. The standard InChI is InChI=1S/C14H23N3O4/c18-13(19)11-8-21-9-12(11)15-14(20)17-5-3-16(4-6-17)7-10-1-2-10/h10-12H,1-9H2,(H,15,20)(H,18,19). The zero-order chi connectivity index (χ0) is 14.8. The van der Waals surface area contributed by atoms with Crippen LogP contribution in [0.1, 0.15) is 12.8 Å². The van der Waals surface area contributed by atoms with Crippen LogP contribution in [0.25, 0.3) is 0 Å². The Morgan fingerprint density at radius 3 is 2.48 bits per heavy atom. The highest BCUT2D eigenvalue weighted by Gasteiger charge is 2.36. The third kappa shape index (κ3) is 3.65. The maximum atomic E-state index is 12.2. The molecule has 2 heterocycles. The Labute approximate surface area is 124 Å². The van der Waals surface area contributed by atoms with Crippen molar-refractivity contribution >= 4 is 12.0 Å². The topological polar surface area (TPSA) is 82.1 Å². The number of ether oxygens (including phenoxy) is 1. The molecule has 3 fully saturated rings. The summed E-state index contributed by atoms with van der Waals surface area (Å²) in [5.41, 5.74) is 0. The highest BCUT2D eigenvalue weighted by Crippen LogP contribution is 2.29. The first-order valence-electron chi connectivity index (χ1n) is 7.72. The van der Waals surface area contributed by atoms with Crippen LogP contribution in [0.3, 0.4) is 0 Å². The number of nitrogens with zero attached hydrogens (tertiary/aromatic N) is 2. The molecule has 0 aromatic carbocycles. The lowest BCUT2D eigenvalue weighted by Crippen LogP contribution is -2.55. The maximum absolute atomic E-state index is 12.2. The molecule has 0 aromatic heterocycles. The van der Waals surface area contributed by atoms with Gasteiger partial charge in [0, 0.05) is 32.7 Å². The Hall–Kier alpha value is -1.34. The zero-order valence-corrected chi connectivity index (χ0v) is 12.2. The van der Waals surface area contributed by atoms with Crippen LogP contribution in [0.15, 0.2) is 0 Å². The number of carbonyl (C=O) groups is 2. The number of rotatable bonds is 4. The minimum absolute atomic E-state index is 0.164. The maximum Gasteiger partial charge on any atom is 0.317 e. The minimum atomic E-state index is -0.910. The lowest BCUT2D eigenvalue weighted by atomic mass is 10.0. The van der Waals surface area contributed by atoms with Gasteiger partial charge in [0.1, 0.15) is 5.92 Å². The van der Waals surface area contributed by atoms with Crippen LogP contribution in [0.2, 0.25) is 0 Å². The predicted octanol–water partition coefficient (Wildman–Crippen LogP) is -0.177. The number of carbonyl (C=O) groups excluding carboxylic acids is 1. The van der Waals surface area contributed by atoms with Crippen LogP contribution in [-0.2, 0) is 9.53 Å². The lowest BCUT2D eigenvalue weighted by molar-refractivity contribution is -0.142. The molecule has 3 rings (SSSR count). The average Bonchev–Trinajstić information content (AvgIpc) is 3.15. The SMILES string of the molecule is O=C(O)C1COCC1NC(=O)N1CCN(CC2CC2)CC1. The van der Waals surface area contributed by atoms with Gasteiger partial charge in [0.05, 0.1) is 19.3 Å². The molecular weight excluding hydrogens is 274 g/mol. The molecule has 2 N–H and O–H groups in total. The molecule has 0 spiro atoms. The first-order valence-corrected chi connectivity index (χ1v) is 7.72. The Morgan fingerprint density at radius 1 is 1.14 bits per heavy atom. The number of aliphatic carboxylic acids is 1. The van der Waals surface area contributed by atoms with Crippen molar-refractivity contribution in [2.75, 3.05) is 45.9 Å². The molecule has 118 valence electrons. The van der Waals surface area contributed by atoms with Crippen LogP contribution in [-0.4, -0.2) is 78.9 Å². The molecule has 0 bridgehead atoms. The fourth-order valence-corrected chi connectivity index (χ4v) is 2.99. The second kappa shape index (κ2) is 6.19. The highest BCUT2D eigenvalue weighted by molar-refractivity contribution is 5.77. The second-order valence-electron chi connectivity index (χ2n) is 6.27. The second-order valence-corrected chi connectivity index (χ2v) is 6.27. The van der Waals surface area contributed by atoms with E-state index in [0.717, 1.165) is 25.6 Å². The normalized spacial score (nSPS) is 30.4. The molecule has 21 heavy (non-hydrogen) atoms. The van der Waals surface area contributed by atoms with E-state index in [1.807, 2.05) is 0 Å². The molecule has 0 radical (unpaired) electrons. The lowest BCUT2D eigenvalue weighted by Gasteiger charge is -2.35. The Kier molecular flexibility index (Phi) is 4.30. The van der Waals surface area contributed by atoms with Crippen molar-refractivity contribution < 1.29 is 19.4 Å². The minimum Gasteiger partial charge on any atom is -0.481 e. The van der Waals surface area contributed by atoms with Gasteiger partial charge in [-0.25, -0.2) is 4.79 Å². The van der Waals surface area contributed by atoms with Crippen molar-refractivity contribution in [1.82, 2.24) is 15.1 Å².